The summed E-state index contributed by atoms with van der Waals surface area (Å²) in [5.74, 6) is -0.161. The summed E-state index contributed by atoms with van der Waals surface area (Å²) < 4.78 is 13.8. The van der Waals surface area contributed by atoms with Crippen molar-refractivity contribution in [3.63, 3.8) is 0 Å². The Balaban J connectivity index is 1.69. The molecule has 1 aromatic carbocycles. The van der Waals surface area contributed by atoms with Gasteiger partial charge in [-0.15, -0.1) is 0 Å². The van der Waals surface area contributed by atoms with Crippen LogP contribution in [0.1, 0.15) is 41.5 Å². The van der Waals surface area contributed by atoms with Gasteiger partial charge in [0, 0.05) is 18.1 Å². The van der Waals surface area contributed by atoms with Crippen LogP contribution < -0.4 is 5.69 Å². The van der Waals surface area contributed by atoms with Gasteiger partial charge in [-0.2, -0.15) is 5.10 Å². The molecule has 1 unspecified atom stereocenters. The van der Waals surface area contributed by atoms with Crippen LogP contribution in [0, 0.1) is 5.82 Å². The van der Waals surface area contributed by atoms with E-state index in [1.807, 2.05) is 0 Å². The zero-order chi connectivity index (χ0) is 17.4. The lowest BCUT2D eigenvalue weighted by Gasteiger charge is -2.34. The van der Waals surface area contributed by atoms with Crippen molar-refractivity contribution < 1.29 is 9.18 Å². The molecule has 128 valence electrons. The minimum Gasteiger partial charge on any atom is -0.328 e. The third-order valence-corrected chi connectivity index (χ3v) is 4.51. The van der Waals surface area contributed by atoms with Crippen LogP contribution in [0.2, 0.25) is 0 Å². The second-order valence-electron chi connectivity index (χ2n) is 6.11. The minimum atomic E-state index is -0.415. The molecule has 1 aliphatic rings. The number of rotatable bonds is 2. The first kappa shape index (κ1) is 15.5. The van der Waals surface area contributed by atoms with E-state index in [1.165, 1.54) is 12.3 Å². The zero-order valence-electron chi connectivity index (χ0n) is 13.3. The summed E-state index contributed by atoms with van der Waals surface area (Å²) in [7, 11) is 0. The normalized spacial score (nSPS) is 17.8. The molecule has 2 aromatic heterocycles. The number of para-hydroxylation sites is 1. The van der Waals surface area contributed by atoms with Gasteiger partial charge in [-0.3, -0.25) is 14.8 Å². The van der Waals surface area contributed by atoms with Crippen molar-refractivity contribution in [2.24, 2.45) is 0 Å². The molecule has 4 rings (SSSR count). The molecule has 2 N–H and O–H groups in total. The number of aromatic amines is 2. The molecule has 3 heterocycles. The first-order valence-electron chi connectivity index (χ1n) is 8.13. The third-order valence-electron chi connectivity index (χ3n) is 4.51. The number of amides is 1. The average molecular weight is 341 g/mol. The van der Waals surface area contributed by atoms with E-state index in [9.17, 15) is 14.0 Å². The lowest BCUT2D eigenvalue weighted by Crippen LogP contribution is -2.39. The highest BCUT2D eigenvalue weighted by molar-refractivity contribution is 5.97. The Morgan fingerprint density at radius 1 is 1.32 bits per heavy atom. The number of carbonyl (C=O) groups excluding carboxylic acids is 1. The number of hydrogen-bond donors (Lipinski definition) is 2. The summed E-state index contributed by atoms with van der Waals surface area (Å²) in [4.78, 5) is 32.7. The number of pyridine rings is 1. The first-order valence-corrected chi connectivity index (χ1v) is 8.13. The summed E-state index contributed by atoms with van der Waals surface area (Å²) in [6.07, 6.45) is 3.95. The molecule has 1 fully saturated rings. The van der Waals surface area contributed by atoms with E-state index in [1.54, 1.807) is 23.1 Å². The smallest absolute Gasteiger partial charge is 0.328 e. The van der Waals surface area contributed by atoms with Crippen LogP contribution in [0.3, 0.4) is 0 Å². The van der Waals surface area contributed by atoms with Gasteiger partial charge in [0.2, 0.25) is 0 Å². The van der Waals surface area contributed by atoms with E-state index in [2.05, 4.69) is 20.2 Å². The number of halogens is 1. The molecule has 0 aliphatic carbocycles. The molecule has 3 aromatic rings. The number of aromatic nitrogens is 4. The maximum atomic E-state index is 13.8. The van der Waals surface area contributed by atoms with E-state index >= 15 is 0 Å². The van der Waals surface area contributed by atoms with Crippen LogP contribution in [0.15, 0.2) is 35.3 Å². The Labute approximate surface area is 141 Å². The van der Waals surface area contributed by atoms with Crippen molar-refractivity contribution in [1.29, 1.82) is 0 Å². The van der Waals surface area contributed by atoms with Crippen LogP contribution in [0.5, 0.6) is 0 Å². The lowest BCUT2D eigenvalue weighted by molar-refractivity contribution is 0.0600. The number of carbonyl (C=O) groups is 1. The number of piperidine rings is 1. The molecule has 0 radical (unpaired) electrons. The Morgan fingerprint density at radius 3 is 3.00 bits per heavy atom. The summed E-state index contributed by atoms with van der Waals surface area (Å²) in [6, 6.07) is 6.01. The van der Waals surface area contributed by atoms with Crippen LogP contribution in [-0.2, 0) is 0 Å². The number of fused-ring (bicyclic) bond motifs is 1. The summed E-state index contributed by atoms with van der Waals surface area (Å²) in [5, 5.41) is 6.89. The van der Waals surface area contributed by atoms with Crippen LogP contribution in [0.4, 0.5) is 4.39 Å². The number of nitrogens with one attached hydrogen (secondary N) is 2. The predicted octanol–water partition coefficient (Wildman–Crippen LogP) is 2.15. The van der Waals surface area contributed by atoms with E-state index in [4.69, 9.17) is 0 Å². The van der Waals surface area contributed by atoms with Crippen molar-refractivity contribution in [2.45, 2.75) is 25.3 Å². The van der Waals surface area contributed by atoms with Crippen LogP contribution in [-0.4, -0.2) is 37.5 Å². The Kier molecular flexibility index (Phi) is 3.79. The number of nitrogens with zero attached hydrogens (tertiary/aromatic N) is 3. The van der Waals surface area contributed by atoms with Crippen LogP contribution in [0.25, 0.3) is 10.9 Å². The van der Waals surface area contributed by atoms with E-state index in [-0.39, 0.29) is 17.5 Å². The standard InChI is InChI=1S/C17H16FN5O2/c18-12-5-3-4-10-8-11(9-19-14(10)12)16(24)23-7-2-1-6-13(23)15-20-17(25)22-21-15/h3-5,8-9,13H,1-2,6-7H2,(H2,20,21,22,25). The molecule has 0 bridgehead atoms. The number of benzene rings is 1. The third kappa shape index (κ3) is 2.79. The molecule has 1 atom stereocenters. The highest BCUT2D eigenvalue weighted by atomic mass is 19.1. The van der Waals surface area contributed by atoms with Crippen LogP contribution >= 0.6 is 0 Å². The van der Waals surface area contributed by atoms with Crippen molar-refractivity contribution >= 4 is 16.8 Å². The monoisotopic (exact) mass is 341 g/mol. The predicted molar refractivity (Wildman–Crippen MR) is 88.5 cm³/mol. The fraction of sp³-hybridized carbons (Fsp3) is 0.294. The number of H-pyrrole nitrogens is 2. The van der Waals surface area contributed by atoms with E-state index in [0.29, 0.717) is 23.3 Å². The fourth-order valence-corrected chi connectivity index (χ4v) is 3.31. The maximum absolute atomic E-state index is 13.8. The van der Waals surface area contributed by atoms with E-state index < -0.39 is 11.5 Å². The largest absolute Gasteiger partial charge is 0.340 e. The molecule has 1 saturated heterocycles. The van der Waals surface area contributed by atoms with Crippen molar-refractivity contribution in [2.75, 3.05) is 6.54 Å². The van der Waals surface area contributed by atoms with Gasteiger partial charge in [0.05, 0.1) is 11.6 Å². The van der Waals surface area contributed by atoms with Gasteiger partial charge in [0.15, 0.2) is 5.82 Å². The summed E-state index contributed by atoms with van der Waals surface area (Å²) in [6.45, 7) is 0.569. The zero-order valence-corrected chi connectivity index (χ0v) is 13.3. The summed E-state index contributed by atoms with van der Waals surface area (Å²) >= 11 is 0. The quantitative estimate of drug-likeness (QED) is 0.747. The topological polar surface area (TPSA) is 94.7 Å². The number of likely N-dealkylation sites (tertiary alicyclic amines) is 1. The molecular formula is C17H16FN5O2. The molecule has 1 aliphatic heterocycles. The molecule has 7 nitrogen and oxygen atoms in total. The molecule has 0 saturated carbocycles. The van der Waals surface area contributed by atoms with Gasteiger partial charge in [0.25, 0.3) is 5.91 Å². The second kappa shape index (κ2) is 6.12. The van der Waals surface area contributed by atoms with Gasteiger partial charge in [-0.05, 0) is 31.4 Å². The first-order chi connectivity index (χ1) is 12.1. The summed E-state index contributed by atoms with van der Waals surface area (Å²) in [5.41, 5.74) is 0.240. The minimum absolute atomic E-state index is 0.202. The van der Waals surface area contributed by atoms with Gasteiger partial charge < -0.3 is 4.90 Å². The SMILES string of the molecule is O=C(c1cnc2c(F)cccc2c1)N1CCCCC1c1n[nH]c(=O)[nH]1. The van der Waals surface area contributed by atoms with Gasteiger partial charge >= 0.3 is 5.69 Å². The van der Waals surface area contributed by atoms with Crippen molar-refractivity contribution in [3.8, 4) is 0 Å². The Hall–Kier alpha value is -3.03. The van der Waals surface area contributed by atoms with Gasteiger partial charge in [0.1, 0.15) is 11.3 Å². The fourth-order valence-electron chi connectivity index (χ4n) is 3.31. The van der Waals surface area contributed by atoms with Crippen molar-refractivity contribution in [1.82, 2.24) is 25.1 Å². The Bertz CT molecular complexity index is 996. The highest BCUT2D eigenvalue weighted by Gasteiger charge is 2.31. The number of hydrogen-bond acceptors (Lipinski definition) is 4. The van der Waals surface area contributed by atoms with Gasteiger partial charge in [-0.1, -0.05) is 12.1 Å². The van der Waals surface area contributed by atoms with E-state index in [0.717, 1.165) is 19.3 Å². The second-order valence-corrected chi connectivity index (χ2v) is 6.11. The molecule has 25 heavy (non-hydrogen) atoms. The van der Waals surface area contributed by atoms with Crippen molar-refractivity contribution in [3.05, 3.63) is 58.2 Å². The molecular weight excluding hydrogens is 325 g/mol. The maximum Gasteiger partial charge on any atom is 0.340 e. The molecule has 1 amide bonds. The van der Waals surface area contributed by atoms with Gasteiger partial charge in [-0.25, -0.2) is 14.3 Å². The molecule has 8 heteroatoms. The Morgan fingerprint density at radius 2 is 2.20 bits per heavy atom. The average Bonchev–Trinajstić information content (AvgIpc) is 3.07. The molecule has 0 spiro atoms. The highest BCUT2D eigenvalue weighted by Crippen LogP contribution is 2.30. The lowest BCUT2D eigenvalue weighted by atomic mass is 10.00.